The molecule has 1 aromatic rings. The molecule has 1 fully saturated rings. The Morgan fingerprint density at radius 2 is 2.17 bits per heavy atom. The highest BCUT2D eigenvalue weighted by Gasteiger charge is 2.43. The fourth-order valence-electron chi connectivity index (χ4n) is 2.28. The third-order valence-electron chi connectivity index (χ3n) is 3.74. The summed E-state index contributed by atoms with van der Waals surface area (Å²) in [7, 11) is 0. The first kappa shape index (κ1) is 17.8. The summed E-state index contributed by atoms with van der Waals surface area (Å²) in [5, 5.41) is 16.0. The Bertz CT molecular complexity index is 574. The molecule has 23 heavy (non-hydrogen) atoms. The molecule has 1 aliphatic heterocycles. The summed E-state index contributed by atoms with van der Waals surface area (Å²) in [6.45, 7) is 6.00. The van der Waals surface area contributed by atoms with E-state index in [1.165, 1.54) is 0 Å². The fraction of sp³-hybridized carbons (Fsp3) is 0.733. The van der Waals surface area contributed by atoms with Crippen molar-refractivity contribution in [1.82, 2.24) is 15.5 Å². The van der Waals surface area contributed by atoms with Gasteiger partial charge < -0.3 is 14.9 Å². The molecule has 2 heterocycles. The van der Waals surface area contributed by atoms with Gasteiger partial charge in [0.15, 0.2) is 5.82 Å². The number of rotatable bonds is 6. The molecule has 8 heteroatoms. The number of hydrogen-bond donors (Lipinski definition) is 2. The molecule has 1 saturated heterocycles. The van der Waals surface area contributed by atoms with Gasteiger partial charge in [0.05, 0.1) is 0 Å². The smallest absolute Gasteiger partial charge is 0.330 e. The van der Waals surface area contributed by atoms with Crippen LogP contribution in [-0.4, -0.2) is 44.2 Å². The average Bonchev–Trinajstić information content (AvgIpc) is 3.07. The molecule has 0 radical (unpaired) electrons. The van der Waals surface area contributed by atoms with Gasteiger partial charge in [0.2, 0.25) is 11.8 Å². The number of aryl methyl sites for hydroxylation is 1. The number of carbonyl (C=O) groups excluding carboxylic acids is 1. The lowest BCUT2D eigenvalue weighted by Crippen LogP contribution is -2.54. The molecule has 0 spiro atoms. The molecule has 0 aliphatic carbocycles. The normalized spacial score (nSPS) is 21.3. The Labute approximate surface area is 139 Å². The van der Waals surface area contributed by atoms with Gasteiger partial charge in [-0.25, -0.2) is 4.79 Å². The lowest BCUT2D eigenvalue weighted by atomic mass is 9.96. The van der Waals surface area contributed by atoms with Gasteiger partial charge in [-0.15, -0.1) is 0 Å². The summed E-state index contributed by atoms with van der Waals surface area (Å²) in [6.07, 6.45) is 1.76. The molecule has 2 rings (SSSR count). The largest absolute Gasteiger partial charge is 0.479 e. The van der Waals surface area contributed by atoms with Crippen LogP contribution in [0, 0.1) is 0 Å². The molecule has 1 amide bonds. The van der Waals surface area contributed by atoms with Crippen LogP contribution in [0.25, 0.3) is 0 Å². The Morgan fingerprint density at radius 1 is 1.43 bits per heavy atom. The third kappa shape index (κ3) is 4.46. The van der Waals surface area contributed by atoms with E-state index >= 15 is 0 Å². The van der Waals surface area contributed by atoms with Crippen molar-refractivity contribution in [2.45, 2.75) is 57.4 Å². The first-order valence-corrected chi connectivity index (χ1v) is 8.84. The van der Waals surface area contributed by atoms with E-state index in [4.69, 9.17) is 4.52 Å². The lowest BCUT2D eigenvalue weighted by molar-refractivity contribution is -0.146. The van der Waals surface area contributed by atoms with Gasteiger partial charge >= 0.3 is 5.97 Å². The van der Waals surface area contributed by atoms with Crippen LogP contribution in [0.5, 0.6) is 0 Å². The second kappa shape index (κ2) is 6.90. The zero-order valence-electron chi connectivity index (χ0n) is 13.7. The van der Waals surface area contributed by atoms with Gasteiger partial charge in [0.25, 0.3) is 0 Å². The second-order valence-electron chi connectivity index (χ2n) is 6.85. The maximum atomic E-state index is 12.0. The minimum Gasteiger partial charge on any atom is -0.479 e. The summed E-state index contributed by atoms with van der Waals surface area (Å²) in [6, 6.07) is 0. The Balaban J connectivity index is 1.81. The number of amides is 1. The van der Waals surface area contributed by atoms with Crippen molar-refractivity contribution in [2.75, 3.05) is 11.5 Å². The average molecular weight is 341 g/mol. The van der Waals surface area contributed by atoms with Crippen LogP contribution in [0.2, 0.25) is 0 Å². The van der Waals surface area contributed by atoms with Gasteiger partial charge in [-0.1, -0.05) is 25.9 Å². The Hall–Kier alpha value is -1.57. The summed E-state index contributed by atoms with van der Waals surface area (Å²) in [4.78, 5) is 27.7. The molecule has 0 saturated carbocycles. The quantitative estimate of drug-likeness (QED) is 0.812. The highest BCUT2D eigenvalue weighted by Crippen LogP contribution is 2.28. The van der Waals surface area contributed by atoms with Gasteiger partial charge in [0, 0.05) is 24.0 Å². The summed E-state index contributed by atoms with van der Waals surface area (Å²) in [5.74, 6) is 1.13. The highest BCUT2D eigenvalue weighted by atomic mass is 32.2. The predicted octanol–water partition coefficient (Wildman–Crippen LogP) is 1.77. The molecular formula is C15H23N3O4S. The molecule has 7 nitrogen and oxygen atoms in total. The molecule has 128 valence electrons. The molecule has 0 bridgehead atoms. The summed E-state index contributed by atoms with van der Waals surface area (Å²) < 4.78 is 5.17. The van der Waals surface area contributed by atoms with Crippen LogP contribution in [0.4, 0.5) is 0 Å². The fourth-order valence-corrected chi connectivity index (χ4v) is 3.60. The second-order valence-corrected chi connectivity index (χ2v) is 7.96. The van der Waals surface area contributed by atoms with Gasteiger partial charge in [-0.3, -0.25) is 4.79 Å². The highest BCUT2D eigenvalue weighted by molar-refractivity contribution is 7.99. The van der Waals surface area contributed by atoms with Crippen LogP contribution >= 0.6 is 11.8 Å². The number of nitrogens with one attached hydrogen (secondary N) is 1. The molecule has 1 aliphatic rings. The van der Waals surface area contributed by atoms with Crippen molar-refractivity contribution in [3.63, 3.8) is 0 Å². The van der Waals surface area contributed by atoms with Crippen LogP contribution in [0.3, 0.4) is 0 Å². The maximum Gasteiger partial charge on any atom is 0.330 e. The standard InChI is InChI=1S/C15H23N3O4S/c1-14(2,3)12-16-11(22-18-12)6-4-5-10(19)17-15(13(20)21)7-8-23-9-15/h4-9H2,1-3H3,(H,17,19)(H,20,21). The monoisotopic (exact) mass is 341 g/mol. The summed E-state index contributed by atoms with van der Waals surface area (Å²) >= 11 is 1.55. The molecule has 0 aromatic carbocycles. The van der Waals surface area contributed by atoms with Gasteiger partial charge in [0.1, 0.15) is 5.54 Å². The zero-order chi connectivity index (χ0) is 17.1. The Kier molecular flexibility index (Phi) is 5.33. The number of aromatic nitrogens is 2. The van der Waals surface area contributed by atoms with Crippen molar-refractivity contribution in [2.24, 2.45) is 0 Å². The van der Waals surface area contributed by atoms with E-state index in [1.54, 1.807) is 11.8 Å². The van der Waals surface area contributed by atoms with E-state index in [2.05, 4.69) is 15.5 Å². The van der Waals surface area contributed by atoms with Crippen LogP contribution < -0.4 is 5.32 Å². The van der Waals surface area contributed by atoms with E-state index in [9.17, 15) is 14.7 Å². The minimum absolute atomic E-state index is 0.173. The van der Waals surface area contributed by atoms with Crippen molar-refractivity contribution >= 4 is 23.6 Å². The topological polar surface area (TPSA) is 105 Å². The maximum absolute atomic E-state index is 12.0. The number of hydrogen-bond acceptors (Lipinski definition) is 6. The predicted molar refractivity (Wildman–Crippen MR) is 86.4 cm³/mol. The van der Waals surface area contributed by atoms with E-state index in [1.807, 2.05) is 20.8 Å². The van der Waals surface area contributed by atoms with E-state index in [0.717, 1.165) is 5.75 Å². The van der Waals surface area contributed by atoms with Gasteiger partial charge in [-0.05, 0) is 18.6 Å². The number of carbonyl (C=O) groups is 2. The van der Waals surface area contributed by atoms with Gasteiger partial charge in [-0.2, -0.15) is 16.7 Å². The first-order valence-electron chi connectivity index (χ1n) is 7.68. The van der Waals surface area contributed by atoms with Crippen molar-refractivity contribution in [3.05, 3.63) is 11.7 Å². The SMILES string of the molecule is CC(C)(C)c1noc(CCCC(=O)NC2(C(=O)O)CCSC2)n1. The van der Waals surface area contributed by atoms with E-state index in [-0.39, 0.29) is 17.7 Å². The van der Waals surface area contributed by atoms with Crippen LogP contribution in [0.15, 0.2) is 4.52 Å². The third-order valence-corrected chi connectivity index (χ3v) is 4.93. The van der Waals surface area contributed by atoms with Crippen molar-refractivity contribution < 1.29 is 19.2 Å². The van der Waals surface area contributed by atoms with Crippen molar-refractivity contribution in [3.8, 4) is 0 Å². The lowest BCUT2D eigenvalue weighted by Gasteiger charge is -2.24. The minimum atomic E-state index is -1.11. The first-order chi connectivity index (χ1) is 10.7. The van der Waals surface area contributed by atoms with Crippen LogP contribution in [0.1, 0.15) is 51.7 Å². The zero-order valence-corrected chi connectivity index (χ0v) is 14.5. The number of thioether (sulfide) groups is 1. The molecule has 2 N–H and O–H groups in total. The Morgan fingerprint density at radius 3 is 2.70 bits per heavy atom. The molecular weight excluding hydrogens is 318 g/mol. The van der Waals surface area contributed by atoms with E-state index < -0.39 is 11.5 Å². The molecule has 1 unspecified atom stereocenters. The van der Waals surface area contributed by atoms with Crippen molar-refractivity contribution in [1.29, 1.82) is 0 Å². The molecule has 1 atom stereocenters. The summed E-state index contributed by atoms with van der Waals surface area (Å²) in [5.41, 5.74) is -1.28. The van der Waals surface area contributed by atoms with E-state index in [0.29, 0.717) is 36.7 Å². The number of aliphatic carboxylic acids is 1. The van der Waals surface area contributed by atoms with Crippen LogP contribution in [-0.2, 0) is 21.4 Å². The molecule has 1 aromatic heterocycles. The number of carboxylic acid groups (broad SMARTS) is 1. The number of nitrogens with zero attached hydrogens (tertiary/aromatic N) is 2. The number of carboxylic acids is 1.